The van der Waals surface area contributed by atoms with Crippen LogP contribution in [-0.4, -0.2) is 4.98 Å². The third-order valence-corrected chi connectivity index (χ3v) is 5.53. The summed E-state index contributed by atoms with van der Waals surface area (Å²) in [5.41, 5.74) is 1.67. The van der Waals surface area contributed by atoms with Gasteiger partial charge in [0, 0.05) is 15.5 Å². The van der Waals surface area contributed by atoms with Crippen molar-refractivity contribution >= 4 is 33.2 Å². The molecule has 0 unspecified atom stereocenters. The van der Waals surface area contributed by atoms with Crippen LogP contribution in [0.25, 0.3) is 21.7 Å². The minimum absolute atomic E-state index is 0.269. The minimum atomic E-state index is -0.269. The Labute approximate surface area is 136 Å². The maximum atomic E-state index is 12.5. The highest BCUT2D eigenvalue weighted by molar-refractivity contribution is 7.18. The summed E-state index contributed by atoms with van der Waals surface area (Å²) in [5.74, 6) is 0.366. The van der Waals surface area contributed by atoms with Crippen LogP contribution in [0.5, 0.6) is 0 Å². The number of benzene rings is 1. The van der Waals surface area contributed by atoms with Gasteiger partial charge in [-0.2, -0.15) is 0 Å². The van der Waals surface area contributed by atoms with E-state index >= 15 is 0 Å². The second kappa shape index (κ2) is 5.52. The molecular weight excluding hydrogens is 318 g/mol. The number of thiophene rings is 1. The predicted molar refractivity (Wildman–Crippen MR) is 89.9 cm³/mol. The molecular formula is C17H14ClNO2S. The van der Waals surface area contributed by atoms with Gasteiger partial charge < -0.3 is 4.42 Å². The lowest BCUT2D eigenvalue weighted by molar-refractivity contribution is 0.518. The first-order valence-electron chi connectivity index (χ1n) is 7.44. The molecule has 3 aromatic rings. The van der Waals surface area contributed by atoms with E-state index in [0.29, 0.717) is 16.3 Å². The summed E-state index contributed by atoms with van der Waals surface area (Å²) < 4.78 is 5.48. The third kappa shape index (κ3) is 2.36. The number of halogens is 1. The van der Waals surface area contributed by atoms with Gasteiger partial charge in [-0.25, -0.2) is 9.78 Å². The first kappa shape index (κ1) is 14.0. The van der Waals surface area contributed by atoms with E-state index in [1.54, 1.807) is 23.5 Å². The molecule has 5 heteroatoms. The van der Waals surface area contributed by atoms with Crippen molar-refractivity contribution in [2.45, 2.75) is 32.1 Å². The van der Waals surface area contributed by atoms with Gasteiger partial charge >= 0.3 is 5.63 Å². The van der Waals surface area contributed by atoms with Crippen LogP contribution in [0, 0.1) is 0 Å². The van der Waals surface area contributed by atoms with Gasteiger partial charge in [0.25, 0.3) is 0 Å². The van der Waals surface area contributed by atoms with Gasteiger partial charge in [-0.3, -0.25) is 0 Å². The first-order chi connectivity index (χ1) is 10.7. The number of hydrogen-bond acceptors (Lipinski definition) is 4. The molecule has 3 nitrogen and oxygen atoms in total. The molecule has 0 saturated heterocycles. The predicted octanol–water partition coefficient (Wildman–Crippen LogP) is 4.84. The molecule has 22 heavy (non-hydrogen) atoms. The topological polar surface area (TPSA) is 43.1 Å². The zero-order valence-electron chi connectivity index (χ0n) is 11.9. The van der Waals surface area contributed by atoms with Crippen LogP contribution < -0.4 is 5.63 Å². The average Bonchev–Trinajstić information content (AvgIpc) is 2.70. The fourth-order valence-electron chi connectivity index (χ4n) is 2.99. The highest BCUT2D eigenvalue weighted by Crippen LogP contribution is 2.34. The van der Waals surface area contributed by atoms with Gasteiger partial charge in [0.2, 0.25) is 5.89 Å². The Morgan fingerprint density at radius 3 is 2.68 bits per heavy atom. The van der Waals surface area contributed by atoms with Crippen molar-refractivity contribution in [3.05, 3.63) is 50.1 Å². The smallest absolute Gasteiger partial charge is 0.348 e. The van der Waals surface area contributed by atoms with Crippen molar-refractivity contribution in [1.82, 2.24) is 4.98 Å². The Kier molecular flexibility index (Phi) is 3.51. The molecule has 0 saturated carbocycles. The Morgan fingerprint density at radius 2 is 1.86 bits per heavy atom. The van der Waals surface area contributed by atoms with Crippen molar-refractivity contribution < 1.29 is 4.42 Å². The van der Waals surface area contributed by atoms with E-state index in [9.17, 15) is 4.79 Å². The summed E-state index contributed by atoms with van der Waals surface area (Å²) in [5, 5.41) is 1.34. The number of rotatable bonds is 1. The van der Waals surface area contributed by atoms with E-state index in [4.69, 9.17) is 16.0 Å². The lowest BCUT2D eigenvalue weighted by atomic mass is 10.1. The fourth-order valence-corrected chi connectivity index (χ4v) is 4.36. The third-order valence-electron chi connectivity index (χ3n) is 4.09. The van der Waals surface area contributed by atoms with Crippen LogP contribution in [0.15, 0.2) is 33.5 Å². The lowest BCUT2D eigenvalue weighted by Crippen LogP contribution is -2.03. The van der Waals surface area contributed by atoms with Gasteiger partial charge in [-0.15, -0.1) is 11.3 Å². The van der Waals surface area contributed by atoms with Gasteiger partial charge in [0.05, 0.1) is 0 Å². The maximum Gasteiger partial charge on any atom is 0.348 e. The Balaban J connectivity index is 1.90. The van der Waals surface area contributed by atoms with E-state index < -0.39 is 0 Å². The number of nitrogens with zero attached hydrogens (tertiary/aromatic N) is 1. The van der Waals surface area contributed by atoms with E-state index in [1.165, 1.54) is 23.3 Å². The van der Waals surface area contributed by atoms with Crippen molar-refractivity contribution in [3.63, 3.8) is 0 Å². The summed E-state index contributed by atoms with van der Waals surface area (Å²) >= 11 is 7.54. The van der Waals surface area contributed by atoms with Crippen LogP contribution >= 0.6 is 22.9 Å². The number of aryl methyl sites for hydroxylation is 2. The summed E-state index contributed by atoms with van der Waals surface area (Å²) in [4.78, 5) is 19.1. The molecule has 0 atom stereocenters. The standard InChI is InChI=1S/C17H14ClNO2S/c18-11-8-6-10(7-9-11)15-19-16-14(17(20)21-15)12-4-2-1-3-5-13(12)22-16/h6-9H,1-5H2. The molecule has 1 aromatic carbocycles. The quantitative estimate of drug-likeness (QED) is 0.599. The highest BCUT2D eigenvalue weighted by Gasteiger charge is 2.20. The number of hydrogen-bond donors (Lipinski definition) is 0. The zero-order valence-corrected chi connectivity index (χ0v) is 13.5. The second-order valence-corrected chi connectivity index (χ2v) is 7.08. The lowest BCUT2D eigenvalue weighted by Gasteiger charge is -2.00. The number of fused-ring (bicyclic) bond motifs is 3. The van der Waals surface area contributed by atoms with Crippen LogP contribution in [0.1, 0.15) is 29.7 Å². The molecule has 0 fully saturated rings. The SMILES string of the molecule is O=c1oc(-c2ccc(Cl)cc2)nc2sc3c(c12)CCCCC3. The molecule has 2 aromatic heterocycles. The normalized spacial score (nSPS) is 14.8. The number of aromatic nitrogens is 1. The Hall–Kier alpha value is -1.65. The van der Waals surface area contributed by atoms with E-state index in [2.05, 4.69) is 4.98 Å². The molecule has 0 N–H and O–H groups in total. The summed E-state index contributed by atoms with van der Waals surface area (Å²) in [6, 6.07) is 7.18. The van der Waals surface area contributed by atoms with E-state index in [0.717, 1.165) is 29.7 Å². The Morgan fingerprint density at radius 1 is 1.09 bits per heavy atom. The van der Waals surface area contributed by atoms with Gasteiger partial charge in [-0.1, -0.05) is 18.0 Å². The first-order valence-corrected chi connectivity index (χ1v) is 8.63. The summed E-state index contributed by atoms with van der Waals surface area (Å²) in [6.07, 6.45) is 5.56. The van der Waals surface area contributed by atoms with Crippen molar-refractivity contribution in [1.29, 1.82) is 0 Å². The summed E-state index contributed by atoms with van der Waals surface area (Å²) in [6.45, 7) is 0. The molecule has 0 radical (unpaired) electrons. The molecule has 2 heterocycles. The molecule has 0 aliphatic heterocycles. The van der Waals surface area contributed by atoms with Crippen LogP contribution in [0.3, 0.4) is 0 Å². The van der Waals surface area contributed by atoms with Crippen LogP contribution in [0.4, 0.5) is 0 Å². The van der Waals surface area contributed by atoms with E-state index in [-0.39, 0.29) is 5.63 Å². The van der Waals surface area contributed by atoms with Crippen molar-refractivity contribution in [2.24, 2.45) is 0 Å². The molecule has 0 bridgehead atoms. The minimum Gasteiger partial charge on any atom is -0.403 e. The van der Waals surface area contributed by atoms with Gasteiger partial charge in [0.15, 0.2) is 0 Å². The largest absolute Gasteiger partial charge is 0.403 e. The molecule has 1 aliphatic rings. The van der Waals surface area contributed by atoms with Crippen molar-refractivity contribution in [3.8, 4) is 11.5 Å². The van der Waals surface area contributed by atoms with E-state index in [1.807, 2.05) is 12.1 Å². The molecule has 0 amide bonds. The molecule has 0 spiro atoms. The monoisotopic (exact) mass is 331 g/mol. The fraction of sp³-hybridized carbons (Fsp3) is 0.294. The molecule has 112 valence electrons. The molecule has 1 aliphatic carbocycles. The van der Waals surface area contributed by atoms with Gasteiger partial charge in [-0.05, 0) is 55.5 Å². The summed E-state index contributed by atoms with van der Waals surface area (Å²) in [7, 11) is 0. The second-order valence-electron chi connectivity index (χ2n) is 5.56. The average molecular weight is 332 g/mol. The highest BCUT2D eigenvalue weighted by atomic mass is 35.5. The maximum absolute atomic E-state index is 12.5. The Bertz CT molecular complexity index is 895. The van der Waals surface area contributed by atoms with Crippen molar-refractivity contribution in [2.75, 3.05) is 0 Å². The van der Waals surface area contributed by atoms with Crippen LogP contribution in [0.2, 0.25) is 5.02 Å². The zero-order chi connectivity index (χ0) is 15.1. The van der Waals surface area contributed by atoms with Crippen LogP contribution in [-0.2, 0) is 12.8 Å². The molecule has 4 rings (SSSR count). The van der Waals surface area contributed by atoms with Gasteiger partial charge in [0.1, 0.15) is 10.2 Å².